The minimum absolute atomic E-state index is 0.0245. The van der Waals surface area contributed by atoms with Crippen molar-refractivity contribution in [3.63, 3.8) is 0 Å². The van der Waals surface area contributed by atoms with Crippen molar-refractivity contribution < 1.29 is 19.7 Å². The Morgan fingerprint density at radius 2 is 1.84 bits per heavy atom. The number of β-amino-alcohol motifs (C(OH)–C–C–N with tert-alkyl or cyclic N) is 1. The van der Waals surface area contributed by atoms with Gasteiger partial charge in [-0.2, -0.15) is 0 Å². The summed E-state index contributed by atoms with van der Waals surface area (Å²) in [6.45, 7) is 8.12. The Bertz CT molecular complexity index is 965. The molecular weight excluding hydrogens is 404 g/mol. The van der Waals surface area contributed by atoms with E-state index in [-0.39, 0.29) is 11.5 Å². The van der Waals surface area contributed by atoms with Crippen LogP contribution in [0.1, 0.15) is 67.1 Å². The Balaban J connectivity index is 1.34. The Morgan fingerprint density at radius 1 is 1.19 bits per heavy atom. The lowest BCUT2D eigenvalue weighted by Crippen LogP contribution is -2.51. The second-order valence-electron chi connectivity index (χ2n) is 9.32. The van der Waals surface area contributed by atoms with Crippen LogP contribution in [-0.4, -0.2) is 46.3 Å². The number of aliphatic hydroxyl groups is 2. The maximum Gasteiger partial charge on any atom is 0.224 e. The molecule has 1 spiro atoms. The number of nitrogens with one attached hydrogen (secondary N) is 1. The first kappa shape index (κ1) is 22.8. The summed E-state index contributed by atoms with van der Waals surface area (Å²) in [5, 5.41) is 24.3. The molecule has 1 amide bonds. The molecule has 172 valence electrons. The third kappa shape index (κ3) is 4.82. The van der Waals surface area contributed by atoms with E-state index in [1.54, 1.807) is 0 Å². The van der Waals surface area contributed by atoms with Gasteiger partial charge in [0.2, 0.25) is 5.91 Å². The molecule has 2 heterocycles. The van der Waals surface area contributed by atoms with Gasteiger partial charge in [0.25, 0.3) is 0 Å². The van der Waals surface area contributed by atoms with Crippen LogP contribution >= 0.6 is 0 Å². The Kier molecular flexibility index (Phi) is 6.56. The monoisotopic (exact) mass is 438 g/mol. The van der Waals surface area contributed by atoms with E-state index in [0.29, 0.717) is 19.4 Å². The summed E-state index contributed by atoms with van der Waals surface area (Å²) in [5.41, 5.74) is 4.49. The second kappa shape index (κ2) is 9.22. The number of hydrogen-bond donors (Lipinski definition) is 3. The molecule has 4 rings (SSSR count). The number of amides is 1. The Hall–Kier alpha value is -2.41. The molecule has 2 aromatic carbocycles. The zero-order valence-electron chi connectivity index (χ0n) is 19.2. The standard InChI is InChI=1S/C26H34N2O4/c1-4-25(31)27-20-7-5-19(6-8-20)23(30)16-28-11-9-26(10-12-28)15-22(29)21-13-17(2)18(3)14-24(21)32-26/h5-8,13-14,22-23,29-30H,4,9-12,15-16H2,1-3H3,(H,27,31)/t22-,23+/m1/s1. The van der Waals surface area contributed by atoms with E-state index in [4.69, 9.17) is 4.74 Å². The van der Waals surface area contributed by atoms with E-state index in [1.807, 2.05) is 37.3 Å². The van der Waals surface area contributed by atoms with Gasteiger partial charge in [-0.15, -0.1) is 0 Å². The maximum atomic E-state index is 11.5. The normalized spacial score (nSPS) is 21.0. The molecule has 0 unspecified atom stereocenters. The second-order valence-corrected chi connectivity index (χ2v) is 9.32. The van der Waals surface area contributed by atoms with E-state index in [9.17, 15) is 15.0 Å². The summed E-state index contributed by atoms with van der Waals surface area (Å²) >= 11 is 0. The van der Waals surface area contributed by atoms with Crippen LogP contribution in [0.3, 0.4) is 0 Å². The summed E-state index contributed by atoms with van der Waals surface area (Å²) < 4.78 is 6.47. The fourth-order valence-corrected chi connectivity index (χ4v) is 4.74. The maximum absolute atomic E-state index is 11.5. The fourth-order valence-electron chi connectivity index (χ4n) is 4.74. The number of carbonyl (C=O) groups excluding carboxylic acids is 1. The number of hydrogen-bond acceptors (Lipinski definition) is 5. The smallest absolute Gasteiger partial charge is 0.224 e. The van der Waals surface area contributed by atoms with Gasteiger partial charge in [-0.05, 0) is 67.6 Å². The average molecular weight is 439 g/mol. The minimum Gasteiger partial charge on any atom is -0.487 e. The number of rotatable bonds is 5. The van der Waals surface area contributed by atoms with Crippen molar-refractivity contribution in [2.24, 2.45) is 0 Å². The van der Waals surface area contributed by atoms with Gasteiger partial charge in [0, 0.05) is 43.7 Å². The molecule has 6 nitrogen and oxygen atoms in total. The first-order valence-electron chi connectivity index (χ1n) is 11.6. The van der Waals surface area contributed by atoms with Crippen molar-refractivity contribution in [2.75, 3.05) is 25.0 Å². The summed E-state index contributed by atoms with van der Waals surface area (Å²) in [5.74, 6) is 0.791. The van der Waals surface area contributed by atoms with Crippen molar-refractivity contribution in [2.45, 2.75) is 64.3 Å². The molecule has 0 saturated carbocycles. The predicted octanol–water partition coefficient (Wildman–Crippen LogP) is 4.04. The number of anilines is 1. The topological polar surface area (TPSA) is 82.0 Å². The molecule has 6 heteroatoms. The molecule has 3 N–H and O–H groups in total. The third-order valence-electron chi connectivity index (χ3n) is 6.98. The van der Waals surface area contributed by atoms with E-state index in [1.165, 1.54) is 11.1 Å². The molecule has 32 heavy (non-hydrogen) atoms. The molecule has 1 saturated heterocycles. The van der Waals surface area contributed by atoms with Gasteiger partial charge >= 0.3 is 0 Å². The van der Waals surface area contributed by atoms with Crippen LogP contribution in [0.5, 0.6) is 5.75 Å². The van der Waals surface area contributed by atoms with Crippen LogP contribution in [0.25, 0.3) is 0 Å². The van der Waals surface area contributed by atoms with Crippen LogP contribution in [0.4, 0.5) is 5.69 Å². The first-order valence-corrected chi connectivity index (χ1v) is 11.6. The number of carbonyl (C=O) groups is 1. The van der Waals surface area contributed by atoms with Gasteiger partial charge in [-0.1, -0.05) is 19.1 Å². The average Bonchev–Trinajstić information content (AvgIpc) is 2.77. The van der Waals surface area contributed by atoms with Crippen molar-refractivity contribution in [3.05, 3.63) is 58.7 Å². The molecule has 0 aliphatic carbocycles. The van der Waals surface area contributed by atoms with Crippen LogP contribution < -0.4 is 10.1 Å². The number of ether oxygens (including phenoxy) is 1. The van der Waals surface area contributed by atoms with E-state index in [0.717, 1.165) is 48.5 Å². The lowest BCUT2D eigenvalue weighted by molar-refractivity contribution is -0.115. The highest BCUT2D eigenvalue weighted by atomic mass is 16.5. The SMILES string of the molecule is CCC(=O)Nc1ccc([C@@H](O)CN2CCC3(CC2)C[C@@H](O)c2cc(C)c(C)cc2O3)cc1. The first-order chi connectivity index (χ1) is 15.3. The molecule has 0 radical (unpaired) electrons. The van der Waals surface area contributed by atoms with Crippen LogP contribution in [0.2, 0.25) is 0 Å². The zero-order chi connectivity index (χ0) is 22.9. The van der Waals surface area contributed by atoms with Gasteiger partial charge in [0.1, 0.15) is 11.4 Å². The summed E-state index contributed by atoms with van der Waals surface area (Å²) in [6.07, 6.45) is 1.61. The van der Waals surface area contributed by atoms with Crippen molar-refractivity contribution in [1.29, 1.82) is 0 Å². The number of fused-ring (bicyclic) bond motifs is 1. The van der Waals surface area contributed by atoms with Gasteiger partial charge in [0.05, 0.1) is 12.2 Å². The van der Waals surface area contributed by atoms with Gasteiger partial charge in [-0.3, -0.25) is 4.79 Å². The molecule has 2 aromatic rings. The van der Waals surface area contributed by atoms with Crippen molar-refractivity contribution >= 4 is 11.6 Å². The minimum atomic E-state index is -0.593. The van der Waals surface area contributed by atoms with Gasteiger partial charge in [0.15, 0.2) is 0 Å². The highest BCUT2D eigenvalue weighted by Gasteiger charge is 2.43. The van der Waals surface area contributed by atoms with E-state index < -0.39 is 12.2 Å². The number of likely N-dealkylation sites (tertiary alicyclic amines) is 1. The van der Waals surface area contributed by atoms with Crippen molar-refractivity contribution in [1.82, 2.24) is 4.90 Å². The molecule has 2 aliphatic rings. The fraction of sp³-hybridized carbons (Fsp3) is 0.500. The van der Waals surface area contributed by atoms with Crippen molar-refractivity contribution in [3.8, 4) is 5.75 Å². The largest absolute Gasteiger partial charge is 0.487 e. The highest BCUT2D eigenvalue weighted by Crippen LogP contribution is 2.45. The van der Waals surface area contributed by atoms with Crippen LogP contribution in [0, 0.1) is 13.8 Å². The quantitative estimate of drug-likeness (QED) is 0.657. The molecule has 1 fully saturated rings. The van der Waals surface area contributed by atoms with E-state index >= 15 is 0 Å². The lowest BCUT2D eigenvalue weighted by atomic mass is 9.81. The van der Waals surface area contributed by atoms with E-state index in [2.05, 4.69) is 30.1 Å². The highest BCUT2D eigenvalue weighted by molar-refractivity contribution is 5.90. The van der Waals surface area contributed by atoms with Gasteiger partial charge in [-0.25, -0.2) is 0 Å². The molecule has 0 aromatic heterocycles. The molecule has 0 bridgehead atoms. The number of aliphatic hydroxyl groups excluding tert-OH is 2. The molecule has 2 atom stereocenters. The third-order valence-corrected chi connectivity index (χ3v) is 6.98. The summed E-state index contributed by atoms with van der Waals surface area (Å²) in [7, 11) is 0. The number of benzene rings is 2. The number of piperidine rings is 1. The van der Waals surface area contributed by atoms with Gasteiger partial charge < -0.3 is 25.2 Å². The predicted molar refractivity (Wildman–Crippen MR) is 125 cm³/mol. The number of aryl methyl sites for hydroxylation is 2. The Labute approximate surface area is 190 Å². The Morgan fingerprint density at radius 3 is 2.50 bits per heavy atom. The van der Waals surface area contributed by atoms with Crippen LogP contribution in [-0.2, 0) is 4.79 Å². The lowest BCUT2D eigenvalue weighted by Gasteiger charge is -2.46. The summed E-state index contributed by atoms with van der Waals surface area (Å²) in [6, 6.07) is 11.5. The molecule has 2 aliphatic heterocycles. The summed E-state index contributed by atoms with van der Waals surface area (Å²) in [4.78, 5) is 13.8. The van der Waals surface area contributed by atoms with Crippen LogP contribution in [0.15, 0.2) is 36.4 Å². The number of nitrogens with zero attached hydrogens (tertiary/aromatic N) is 1. The molecular formula is C26H34N2O4. The zero-order valence-corrected chi connectivity index (χ0v) is 19.2.